The van der Waals surface area contributed by atoms with Gasteiger partial charge in [-0.25, -0.2) is 9.78 Å². The third-order valence-electron chi connectivity index (χ3n) is 4.43. The van der Waals surface area contributed by atoms with E-state index in [0.29, 0.717) is 49.4 Å². The number of nitrogens with one attached hydrogen (secondary N) is 2. The van der Waals surface area contributed by atoms with Gasteiger partial charge in [0.15, 0.2) is 5.58 Å². The van der Waals surface area contributed by atoms with E-state index >= 15 is 0 Å². The van der Waals surface area contributed by atoms with E-state index in [-0.39, 0.29) is 12.3 Å². The van der Waals surface area contributed by atoms with Gasteiger partial charge >= 0.3 is 11.9 Å². The van der Waals surface area contributed by atoms with Crippen molar-refractivity contribution in [3.63, 3.8) is 0 Å². The molecule has 0 fully saturated rings. The molecule has 0 unspecified atom stereocenters. The van der Waals surface area contributed by atoms with Crippen LogP contribution < -0.4 is 16.4 Å². The molecular weight excluding hydrogens is 401 g/mol. The summed E-state index contributed by atoms with van der Waals surface area (Å²) in [6.45, 7) is 1.25. The Kier molecular flexibility index (Phi) is 6.76. The average Bonchev–Trinajstić information content (AvgIpc) is 3.03. The highest BCUT2D eigenvalue weighted by molar-refractivity contribution is 5.76. The first-order chi connectivity index (χ1) is 14.3. The van der Waals surface area contributed by atoms with Gasteiger partial charge < -0.3 is 15.1 Å². The quantitative estimate of drug-likeness (QED) is 0.516. The number of fused-ring (bicyclic) bond motifs is 1. The molecule has 0 saturated heterocycles. The Bertz CT molecular complexity index is 1040. The van der Waals surface area contributed by atoms with Crippen LogP contribution in [-0.2, 0) is 17.5 Å². The highest BCUT2D eigenvalue weighted by Gasteiger charge is 2.30. The van der Waals surface area contributed by atoms with Crippen molar-refractivity contribution in [3.05, 3.63) is 58.7 Å². The van der Waals surface area contributed by atoms with Gasteiger partial charge in [0.1, 0.15) is 5.82 Å². The molecule has 10 heteroatoms. The van der Waals surface area contributed by atoms with Crippen molar-refractivity contribution < 1.29 is 22.4 Å². The molecule has 3 rings (SSSR count). The second-order valence-electron chi connectivity index (χ2n) is 6.65. The first-order valence-corrected chi connectivity index (χ1v) is 9.47. The van der Waals surface area contributed by atoms with Crippen LogP contribution in [0.2, 0.25) is 0 Å². The Morgan fingerprint density at radius 2 is 1.90 bits per heavy atom. The smallest absolute Gasteiger partial charge is 0.408 e. The Morgan fingerprint density at radius 1 is 1.10 bits per heavy atom. The fourth-order valence-corrected chi connectivity index (χ4v) is 2.91. The molecule has 0 aliphatic heterocycles. The monoisotopic (exact) mass is 422 g/mol. The lowest BCUT2D eigenvalue weighted by atomic mass is 10.2. The lowest BCUT2D eigenvalue weighted by Gasteiger charge is -2.09. The molecule has 1 aromatic carbocycles. The fourth-order valence-electron chi connectivity index (χ4n) is 2.91. The van der Waals surface area contributed by atoms with E-state index in [2.05, 4.69) is 15.6 Å². The maximum absolute atomic E-state index is 12.5. The number of rotatable bonds is 9. The highest BCUT2D eigenvalue weighted by atomic mass is 19.4. The van der Waals surface area contributed by atoms with Crippen LogP contribution in [0.4, 0.5) is 19.0 Å². The molecule has 2 heterocycles. The van der Waals surface area contributed by atoms with Gasteiger partial charge in [-0.1, -0.05) is 12.1 Å². The van der Waals surface area contributed by atoms with Gasteiger partial charge in [0.2, 0.25) is 5.91 Å². The minimum atomic E-state index is -4.41. The highest BCUT2D eigenvalue weighted by Crippen LogP contribution is 2.28. The van der Waals surface area contributed by atoms with Crippen LogP contribution in [0.25, 0.3) is 11.1 Å². The lowest BCUT2D eigenvalue weighted by molar-refractivity contribution is -0.137. The number of oxazole rings is 1. The number of benzene rings is 1. The molecule has 0 aliphatic rings. The van der Waals surface area contributed by atoms with E-state index in [9.17, 15) is 22.8 Å². The Morgan fingerprint density at radius 3 is 2.63 bits per heavy atom. The molecule has 0 atom stereocenters. The second kappa shape index (κ2) is 9.47. The van der Waals surface area contributed by atoms with Crippen molar-refractivity contribution in [2.45, 2.75) is 32.0 Å². The predicted molar refractivity (Wildman–Crippen MR) is 105 cm³/mol. The molecule has 30 heavy (non-hydrogen) atoms. The first kappa shape index (κ1) is 21.4. The number of carbonyl (C=O) groups excluding carboxylic acids is 1. The number of hydrogen-bond donors (Lipinski definition) is 2. The maximum Gasteiger partial charge on any atom is 0.419 e. The number of aryl methyl sites for hydroxylation is 1. The van der Waals surface area contributed by atoms with Crippen molar-refractivity contribution in [2.75, 3.05) is 18.4 Å². The van der Waals surface area contributed by atoms with Gasteiger partial charge in [0.25, 0.3) is 0 Å². The summed E-state index contributed by atoms with van der Waals surface area (Å²) in [5.74, 6) is -0.241. The van der Waals surface area contributed by atoms with Crippen LogP contribution in [0.5, 0.6) is 0 Å². The van der Waals surface area contributed by atoms with Gasteiger partial charge in [-0.2, -0.15) is 13.2 Å². The van der Waals surface area contributed by atoms with Gasteiger partial charge in [-0.3, -0.25) is 9.36 Å². The average molecular weight is 422 g/mol. The minimum absolute atomic E-state index is 0.136. The molecule has 2 aromatic heterocycles. The minimum Gasteiger partial charge on any atom is -0.408 e. The predicted octanol–water partition coefficient (Wildman–Crippen LogP) is 3.41. The zero-order chi connectivity index (χ0) is 21.6. The Balaban J connectivity index is 1.32. The van der Waals surface area contributed by atoms with Gasteiger partial charge in [0, 0.05) is 32.3 Å². The van der Waals surface area contributed by atoms with E-state index in [1.807, 2.05) is 6.07 Å². The molecule has 3 aromatic rings. The van der Waals surface area contributed by atoms with Crippen molar-refractivity contribution in [3.8, 4) is 0 Å². The van der Waals surface area contributed by atoms with E-state index in [1.165, 1.54) is 10.6 Å². The zero-order valence-electron chi connectivity index (χ0n) is 16.0. The zero-order valence-corrected chi connectivity index (χ0v) is 16.0. The Hall–Kier alpha value is -3.30. The summed E-state index contributed by atoms with van der Waals surface area (Å²) < 4.78 is 44.1. The normalized spacial score (nSPS) is 11.6. The van der Waals surface area contributed by atoms with Crippen molar-refractivity contribution >= 4 is 22.8 Å². The van der Waals surface area contributed by atoms with E-state index < -0.39 is 17.5 Å². The van der Waals surface area contributed by atoms with E-state index in [0.717, 1.165) is 12.3 Å². The number of nitrogens with zero attached hydrogens (tertiary/aromatic N) is 2. The van der Waals surface area contributed by atoms with Crippen LogP contribution in [0.1, 0.15) is 24.8 Å². The summed E-state index contributed by atoms with van der Waals surface area (Å²) in [6.07, 6.45) is -2.30. The summed E-state index contributed by atoms with van der Waals surface area (Å²) in [5, 5.41) is 5.67. The number of anilines is 1. The summed E-state index contributed by atoms with van der Waals surface area (Å²) in [5.41, 5.74) is 0.416. The van der Waals surface area contributed by atoms with Gasteiger partial charge in [-0.05, 0) is 37.1 Å². The number of amides is 1. The lowest BCUT2D eigenvalue weighted by Crippen LogP contribution is -2.26. The summed E-state index contributed by atoms with van der Waals surface area (Å²) in [4.78, 5) is 27.5. The summed E-state index contributed by atoms with van der Waals surface area (Å²) >= 11 is 0. The number of carbonyl (C=O) groups is 1. The largest absolute Gasteiger partial charge is 0.419 e. The molecule has 0 radical (unpaired) electrons. The van der Waals surface area contributed by atoms with Gasteiger partial charge in [0.05, 0.1) is 11.1 Å². The molecule has 2 N–H and O–H groups in total. The van der Waals surface area contributed by atoms with Gasteiger partial charge in [-0.15, -0.1) is 0 Å². The molecule has 0 bridgehead atoms. The van der Waals surface area contributed by atoms with Crippen LogP contribution in [0.15, 0.2) is 51.8 Å². The summed E-state index contributed by atoms with van der Waals surface area (Å²) in [6, 6.07) is 9.34. The fraction of sp³-hybridized carbons (Fsp3) is 0.350. The summed E-state index contributed by atoms with van der Waals surface area (Å²) in [7, 11) is 0. The number of aromatic nitrogens is 2. The van der Waals surface area contributed by atoms with Crippen LogP contribution in [0.3, 0.4) is 0 Å². The molecule has 7 nitrogen and oxygen atoms in total. The third-order valence-corrected chi connectivity index (χ3v) is 4.43. The number of pyridine rings is 1. The molecule has 160 valence electrons. The maximum atomic E-state index is 12.5. The molecule has 0 spiro atoms. The van der Waals surface area contributed by atoms with Crippen LogP contribution >= 0.6 is 0 Å². The number of halogens is 3. The standard InChI is InChI=1S/C20H21F3N4O3/c21-20(22,23)14-8-9-17(26-13-14)24-10-4-11-25-18(28)7-3-12-27-15-5-1-2-6-16(15)30-19(27)29/h1-2,5-6,8-9,13H,3-4,7,10-12H2,(H,24,26)(H,25,28). The molecular formula is C20H21F3N4O3. The van der Waals surface area contributed by atoms with Crippen molar-refractivity contribution in [1.29, 1.82) is 0 Å². The van der Waals surface area contributed by atoms with Crippen molar-refractivity contribution in [1.82, 2.24) is 14.9 Å². The number of hydrogen-bond acceptors (Lipinski definition) is 5. The molecule has 1 amide bonds. The first-order valence-electron chi connectivity index (χ1n) is 9.47. The molecule has 0 saturated carbocycles. The SMILES string of the molecule is O=C(CCCn1c(=O)oc2ccccc21)NCCCNc1ccc(C(F)(F)F)cn1. The second-order valence-corrected chi connectivity index (χ2v) is 6.65. The third kappa shape index (κ3) is 5.62. The van der Waals surface area contributed by atoms with Crippen LogP contribution in [0, 0.1) is 0 Å². The number of para-hydroxylation sites is 2. The van der Waals surface area contributed by atoms with Crippen LogP contribution in [-0.4, -0.2) is 28.5 Å². The Labute approximate surface area is 169 Å². The number of alkyl halides is 3. The molecule has 0 aliphatic carbocycles. The topological polar surface area (TPSA) is 89.2 Å². The van der Waals surface area contributed by atoms with Crippen molar-refractivity contribution in [2.24, 2.45) is 0 Å². The van der Waals surface area contributed by atoms with E-state index in [4.69, 9.17) is 4.42 Å². The van der Waals surface area contributed by atoms with E-state index in [1.54, 1.807) is 18.2 Å².